The number of methoxy groups -OCH3 is 1. The summed E-state index contributed by atoms with van der Waals surface area (Å²) in [6.45, 7) is 1.80. The lowest BCUT2D eigenvalue weighted by atomic mass is 10.3. The Kier molecular flexibility index (Phi) is 4.40. The molecule has 1 amide bonds. The molecule has 0 unspecified atom stereocenters. The normalized spacial score (nSPS) is 11.9. The van der Waals surface area contributed by atoms with Gasteiger partial charge in [-0.3, -0.25) is 9.89 Å². The summed E-state index contributed by atoms with van der Waals surface area (Å²) >= 11 is 1.31. The number of amides is 1. The standard InChI is InChI=1S/C12H14N4O2S/c1-8(19-12-13-7-14-16-12)11(17)15-9-5-3-4-6-10(9)18-2/h3-8H,1-2H3,(H,15,17)(H,13,14,16)/t8-/m0/s1. The fraction of sp³-hybridized carbons (Fsp3) is 0.250. The summed E-state index contributed by atoms with van der Waals surface area (Å²) in [5.74, 6) is 0.513. The van der Waals surface area contributed by atoms with Crippen LogP contribution in [0.25, 0.3) is 0 Å². The molecule has 1 aromatic heterocycles. The van der Waals surface area contributed by atoms with E-state index >= 15 is 0 Å². The predicted octanol–water partition coefficient (Wildman–Crippen LogP) is 1.93. The largest absolute Gasteiger partial charge is 0.495 e. The maximum Gasteiger partial charge on any atom is 0.237 e. The second kappa shape index (κ2) is 6.24. The molecule has 1 atom stereocenters. The first-order valence-corrected chi connectivity index (χ1v) is 6.54. The Labute approximate surface area is 115 Å². The lowest BCUT2D eigenvalue weighted by molar-refractivity contribution is -0.115. The van der Waals surface area contributed by atoms with Crippen LogP contribution in [-0.4, -0.2) is 33.4 Å². The molecule has 6 nitrogen and oxygen atoms in total. The van der Waals surface area contributed by atoms with E-state index in [1.807, 2.05) is 12.1 Å². The molecule has 0 fully saturated rings. The van der Waals surface area contributed by atoms with Gasteiger partial charge >= 0.3 is 0 Å². The number of nitrogens with zero attached hydrogens (tertiary/aromatic N) is 2. The van der Waals surface area contributed by atoms with E-state index < -0.39 is 0 Å². The second-order valence-electron chi connectivity index (χ2n) is 3.74. The van der Waals surface area contributed by atoms with Crippen molar-refractivity contribution in [1.29, 1.82) is 0 Å². The average molecular weight is 278 g/mol. The lowest BCUT2D eigenvalue weighted by Gasteiger charge is -2.12. The molecule has 0 aliphatic rings. The van der Waals surface area contributed by atoms with Crippen molar-refractivity contribution >= 4 is 23.4 Å². The van der Waals surface area contributed by atoms with E-state index in [9.17, 15) is 4.79 Å². The Balaban J connectivity index is 2.00. The molecule has 2 N–H and O–H groups in total. The number of anilines is 1. The van der Waals surface area contributed by atoms with Gasteiger partial charge in [-0.2, -0.15) is 5.10 Å². The molecule has 0 radical (unpaired) electrons. The fourth-order valence-corrected chi connectivity index (χ4v) is 2.17. The van der Waals surface area contributed by atoms with E-state index in [1.54, 1.807) is 26.2 Å². The number of aromatic amines is 1. The number of H-pyrrole nitrogens is 1. The topological polar surface area (TPSA) is 79.9 Å². The molecule has 2 rings (SSSR count). The van der Waals surface area contributed by atoms with Gasteiger partial charge in [0.05, 0.1) is 18.0 Å². The number of benzene rings is 1. The van der Waals surface area contributed by atoms with Crippen molar-refractivity contribution in [1.82, 2.24) is 15.2 Å². The molecule has 19 heavy (non-hydrogen) atoms. The van der Waals surface area contributed by atoms with Gasteiger partial charge in [-0.05, 0) is 19.1 Å². The van der Waals surface area contributed by atoms with Gasteiger partial charge in [-0.15, -0.1) is 0 Å². The number of carbonyl (C=O) groups excluding carboxylic acids is 1. The first-order valence-electron chi connectivity index (χ1n) is 5.66. The number of hydrogen-bond acceptors (Lipinski definition) is 5. The molecule has 1 aromatic carbocycles. The van der Waals surface area contributed by atoms with Gasteiger partial charge in [-0.25, -0.2) is 4.98 Å². The number of para-hydroxylation sites is 2. The van der Waals surface area contributed by atoms with Crippen molar-refractivity contribution < 1.29 is 9.53 Å². The third-order valence-corrected chi connectivity index (χ3v) is 3.40. The van der Waals surface area contributed by atoms with Crippen LogP contribution in [0.5, 0.6) is 5.75 Å². The highest BCUT2D eigenvalue weighted by Gasteiger charge is 2.17. The summed E-state index contributed by atoms with van der Waals surface area (Å²) in [6, 6.07) is 7.28. The van der Waals surface area contributed by atoms with Crippen LogP contribution in [0.3, 0.4) is 0 Å². The molecule has 0 saturated carbocycles. The van der Waals surface area contributed by atoms with Gasteiger partial charge in [0.25, 0.3) is 0 Å². The molecule has 0 aliphatic heterocycles. The maximum atomic E-state index is 12.1. The lowest BCUT2D eigenvalue weighted by Crippen LogP contribution is -2.22. The minimum atomic E-state index is -0.294. The van der Waals surface area contributed by atoms with Crippen LogP contribution in [-0.2, 0) is 4.79 Å². The summed E-state index contributed by atoms with van der Waals surface area (Å²) in [5.41, 5.74) is 0.653. The zero-order valence-electron chi connectivity index (χ0n) is 10.6. The van der Waals surface area contributed by atoms with E-state index in [0.717, 1.165) is 0 Å². The molecule has 100 valence electrons. The first-order chi connectivity index (χ1) is 9.20. The number of thioether (sulfide) groups is 1. The number of hydrogen-bond donors (Lipinski definition) is 2. The van der Waals surface area contributed by atoms with Gasteiger partial charge < -0.3 is 10.1 Å². The second-order valence-corrected chi connectivity index (χ2v) is 5.07. The molecule has 0 saturated heterocycles. The van der Waals surface area contributed by atoms with Crippen molar-refractivity contribution in [3.8, 4) is 5.75 Å². The highest BCUT2D eigenvalue weighted by atomic mass is 32.2. The smallest absolute Gasteiger partial charge is 0.237 e. The van der Waals surface area contributed by atoms with Gasteiger partial charge in [0, 0.05) is 0 Å². The average Bonchev–Trinajstić information content (AvgIpc) is 2.92. The van der Waals surface area contributed by atoms with Gasteiger partial charge in [-0.1, -0.05) is 23.9 Å². The number of rotatable bonds is 5. The summed E-state index contributed by atoms with van der Waals surface area (Å²) < 4.78 is 5.18. The van der Waals surface area contributed by atoms with E-state index in [2.05, 4.69) is 20.5 Å². The maximum absolute atomic E-state index is 12.1. The summed E-state index contributed by atoms with van der Waals surface area (Å²) in [7, 11) is 1.57. The van der Waals surface area contributed by atoms with Crippen LogP contribution in [0.4, 0.5) is 5.69 Å². The monoisotopic (exact) mass is 278 g/mol. The Morgan fingerprint density at radius 2 is 2.26 bits per heavy atom. The van der Waals surface area contributed by atoms with Crippen molar-refractivity contribution in [3.05, 3.63) is 30.6 Å². The third kappa shape index (κ3) is 3.47. The Hall–Kier alpha value is -2.02. The molecule has 0 aliphatic carbocycles. The third-order valence-electron chi connectivity index (χ3n) is 2.42. The van der Waals surface area contributed by atoms with Crippen LogP contribution in [0.15, 0.2) is 35.7 Å². The van der Waals surface area contributed by atoms with Crippen LogP contribution in [0, 0.1) is 0 Å². The molecule has 2 aromatic rings. The van der Waals surface area contributed by atoms with Crippen molar-refractivity contribution in [2.45, 2.75) is 17.3 Å². The number of carbonyl (C=O) groups is 1. The molecular weight excluding hydrogens is 264 g/mol. The van der Waals surface area contributed by atoms with Crippen LogP contribution in [0.1, 0.15) is 6.92 Å². The molecular formula is C12H14N4O2S. The molecule has 7 heteroatoms. The zero-order valence-corrected chi connectivity index (χ0v) is 11.4. The number of nitrogens with one attached hydrogen (secondary N) is 2. The van der Waals surface area contributed by atoms with Crippen molar-refractivity contribution in [2.24, 2.45) is 0 Å². The zero-order chi connectivity index (χ0) is 13.7. The van der Waals surface area contributed by atoms with Crippen molar-refractivity contribution in [3.63, 3.8) is 0 Å². The Bertz CT molecular complexity index is 544. The number of ether oxygens (including phenoxy) is 1. The first kappa shape index (κ1) is 13.4. The number of aromatic nitrogens is 3. The SMILES string of the molecule is COc1ccccc1NC(=O)[C@H](C)Sc1ncn[nH]1. The highest BCUT2D eigenvalue weighted by Crippen LogP contribution is 2.25. The Morgan fingerprint density at radius 1 is 1.47 bits per heavy atom. The summed E-state index contributed by atoms with van der Waals surface area (Å²) in [6.07, 6.45) is 1.41. The summed E-state index contributed by atoms with van der Waals surface area (Å²) in [5, 5.41) is 9.59. The quantitative estimate of drug-likeness (QED) is 0.817. The van der Waals surface area contributed by atoms with Gasteiger partial charge in [0.1, 0.15) is 12.1 Å². The fourth-order valence-electron chi connectivity index (χ4n) is 1.45. The molecule has 1 heterocycles. The Morgan fingerprint density at radius 3 is 2.95 bits per heavy atom. The minimum Gasteiger partial charge on any atom is -0.495 e. The van der Waals surface area contributed by atoms with Crippen LogP contribution in [0.2, 0.25) is 0 Å². The van der Waals surface area contributed by atoms with Crippen LogP contribution >= 0.6 is 11.8 Å². The van der Waals surface area contributed by atoms with Gasteiger partial charge in [0.2, 0.25) is 5.91 Å². The van der Waals surface area contributed by atoms with E-state index in [4.69, 9.17) is 4.74 Å². The van der Waals surface area contributed by atoms with E-state index in [-0.39, 0.29) is 11.2 Å². The van der Waals surface area contributed by atoms with Gasteiger partial charge in [0.15, 0.2) is 5.16 Å². The molecule has 0 bridgehead atoms. The van der Waals surface area contributed by atoms with E-state index in [1.165, 1.54) is 18.1 Å². The van der Waals surface area contributed by atoms with E-state index in [0.29, 0.717) is 16.6 Å². The van der Waals surface area contributed by atoms with Crippen molar-refractivity contribution in [2.75, 3.05) is 12.4 Å². The van der Waals surface area contributed by atoms with Crippen LogP contribution < -0.4 is 10.1 Å². The summed E-state index contributed by atoms with van der Waals surface area (Å²) in [4.78, 5) is 16.0. The highest BCUT2D eigenvalue weighted by molar-refractivity contribution is 8.00. The molecule has 0 spiro atoms. The predicted molar refractivity (Wildman–Crippen MR) is 73.3 cm³/mol. The minimum absolute atomic E-state index is 0.120.